The lowest BCUT2D eigenvalue weighted by Crippen LogP contribution is -2.27. The smallest absolute Gasteiger partial charge is 0.309 e. The molecule has 1 aromatic carbocycles. The molecule has 0 saturated carbocycles. The Morgan fingerprint density at radius 3 is 2.50 bits per heavy atom. The first kappa shape index (κ1) is 14.6. The van der Waals surface area contributed by atoms with Gasteiger partial charge >= 0.3 is 5.97 Å². The van der Waals surface area contributed by atoms with E-state index in [1.54, 1.807) is 13.8 Å². The Morgan fingerprint density at radius 2 is 1.95 bits per heavy atom. The van der Waals surface area contributed by atoms with E-state index in [2.05, 4.69) is 49.6 Å². The zero-order valence-corrected chi connectivity index (χ0v) is 12.9. The Labute approximate surface area is 120 Å². The van der Waals surface area contributed by atoms with E-state index < -0.39 is 11.4 Å². The third-order valence-corrected chi connectivity index (χ3v) is 3.80. The van der Waals surface area contributed by atoms with E-state index in [4.69, 9.17) is 0 Å². The number of benzene rings is 1. The van der Waals surface area contributed by atoms with Crippen molar-refractivity contribution in [3.05, 3.63) is 35.5 Å². The highest BCUT2D eigenvalue weighted by Crippen LogP contribution is 2.30. The molecular formula is C17H23NO2. The van der Waals surface area contributed by atoms with Crippen LogP contribution in [0, 0.1) is 12.3 Å². The number of aromatic nitrogens is 1. The molecule has 0 aliphatic carbocycles. The lowest BCUT2D eigenvalue weighted by Gasteiger charge is -2.22. The van der Waals surface area contributed by atoms with Crippen molar-refractivity contribution >= 4 is 16.9 Å². The maximum atomic E-state index is 11.4. The van der Waals surface area contributed by atoms with Crippen LogP contribution < -0.4 is 0 Å². The summed E-state index contributed by atoms with van der Waals surface area (Å²) in [5.74, 6) is -0.755. The van der Waals surface area contributed by atoms with Crippen LogP contribution in [-0.4, -0.2) is 15.6 Å². The molecule has 0 saturated heterocycles. The molecule has 0 atom stereocenters. The van der Waals surface area contributed by atoms with Gasteiger partial charge in [-0.3, -0.25) is 4.79 Å². The molecule has 0 aliphatic heterocycles. The third kappa shape index (κ3) is 2.58. The van der Waals surface area contributed by atoms with Gasteiger partial charge < -0.3 is 9.67 Å². The maximum Gasteiger partial charge on any atom is 0.309 e. The summed E-state index contributed by atoms with van der Waals surface area (Å²) in [5.41, 5.74) is 2.75. The molecule has 0 amide bonds. The van der Waals surface area contributed by atoms with Crippen LogP contribution in [0.4, 0.5) is 0 Å². The molecule has 0 bridgehead atoms. The lowest BCUT2D eigenvalue weighted by atomic mass is 9.88. The van der Waals surface area contributed by atoms with Crippen LogP contribution in [0.2, 0.25) is 0 Å². The summed E-state index contributed by atoms with van der Waals surface area (Å²) in [6.07, 6.45) is 0.536. The van der Waals surface area contributed by atoms with Gasteiger partial charge in [0.05, 0.1) is 5.41 Å². The highest BCUT2D eigenvalue weighted by atomic mass is 16.4. The molecule has 3 nitrogen and oxygen atoms in total. The number of hydrogen-bond donors (Lipinski definition) is 1. The molecule has 20 heavy (non-hydrogen) atoms. The Kier molecular flexibility index (Phi) is 3.63. The number of carbonyl (C=O) groups is 1. The van der Waals surface area contributed by atoms with Crippen molar-refractivity contribution in [1.29, 1.82) is 0 Å². The fourth-order valence-corrected chi connectivity index (χ4v) is 2.66. The van der Waals surface area contributed by atoms with Gasteiger partial charge in [-0.05, 0) is 57.7 Å². The SMILES string of the molecule is Cc1ccc2cc(CC(C)(C)C(=O)O)n(C(C)C)c2c1. The second-order valence-electron chi connectivity index (χ2n) is 6.53. The number of rotatable bonds is 4. The van der Waals surface area contributed by atoms with E-state index in [9.17, 15) is 9.90 Å². The summed E-state index contributed by atoms with van der Waals surface area (Å²) < 4.78 is 2.26. The minimum absolute atomic E-state index is 0.314. The van der Waals surface area contributed by atoms with Gasteiger partial charge in [-0.2, -0.15) is 0 Å². The second kappa shape index (κ2) is 4.97. The van der Waals surface area contributed by atoms with Gasteiger partial charge in [-0.25, -0.2) is 0 Å². The van der Waals surface area contributed by atoms with Crippen LogP contribution in [0.3, 0.4) is 0 Å². The summed E-state index contributed by atoms with van der Waals surface area (Å²) in [5, 5.41) is 10.5. The van der Waals surface area contributed by atoms with Gasteiger partial charge in [-0.15, -0.1) is 0 Å². The van der Waals surface area contributed by atoms with Gasteiger partial charge in [0.15, 0.2) is 0 Å². The van der Waals surface area contributed by atoms with Gasteiger partial charge in [0, 0.05) is 23.7 Å². The zero-order chi connectivity index (χ0) is 15.1. The van der Waals surface area contributed by atoms with Gasteiger partial charge in [0.2, 0.25) is 0 Å². The monoisotopic (exact) mass is 273 g/mol. The minimum Gasteiger partial charge on any atom is -0.481 e. The minimum atomic E-state index is -0.755. The molecule has 1 aromatic heterocycles. The van der Waals surface area contributed by atoms with Gasteiger partial charge in [-0.1, -0.05) is 12.1 Å². The summed E-state index contributed by atoms with van der Waals surface area (Å²) in [7, 11) is 0. The number of aliphatic carboxylic acids is 1. The number of aryl methyl sites for hydroxylation is 1. The summed E-state index contributed by atoms with van der Waals surface area (Å²) in [6, 6.07) is 8.82. The molecular weight excluding hydrogens is 250 g/mol. The molecule has 0 radical (unpaired) electrons. The van der Waals surface area contributed by atoms with Crippen LogP contribution in [-0.2, 0) is 11.2 Å². The summed E-state index contributed by atoms with van der Waals surface area (Å²) in [4.78, 5) is 11.4. The molecule has 3 heteroatoms. The standard InChI is InChI=1S/C17H23NO2/c1-11(2)18-14(10-17(4,5)16(19)20)9-13-7-6-12(3)8-15(13)18/h6-9,11H,10H2,1-5H3,(H,19,20). The Bertz CT molecular complexity index is 650. The predicted molar refractivity (Wildman–Crippen MR) is 82.2 cm³/mol. The number of nitrogens with zero attached hydrogens (tertiary/aromatic N) is 1. The highest BCUT2D eigenvalue weighted by Gasteiger charge is 2.29. The molecule has 108 valence electrons. The quantitative estimate of drug-likeness (QED) is 0.907. The first-order valence-corrected chi connectivity index (χ1v) is 7.06. The molecule has 0 unspecified atom stereocenters. The van der Waals surface area contributed by atoms with Crippen molar-refractivity contribution in [3.63, 3.8) is 0 Å². The van der Waals surface area contributed by atoms with E-state index in [0.717, 1.165) is 5.69 Å². The Balaban J connectivity index is 2.58. The average Bonchev–Trinajstić information content (AvgIpc) is 2.64. The topological polar surface area (TPSA) is 42.2 Å². The van der Waals surface area contributed by atoms with Crippen molar-refractivity contribution in [1.82, 2.24) is 4.57 Å². The first-order chi connectivity index (χ1) is 9.22. The normalized spacial score (nSPS) is 12.3. The molecule has 0 spiro atoms. The van der Waals surface area contributed by atoms with Gasteiger partial charge in [0.1, 0.15) is 0 Å². The van der Waals surface area contributed by atoms with E-state index >= 15 is 0 Å². The largest absolute Gasteiger partial charge is 0.481 e. The third-order valence-electron chi connectivity index (χ3n) is 3.80. The Hall–Kier alpha value is -1.77. The highest BCUT2D eigenvalue weighted by molar-refractivity contribution is 5.83. The van der Waals surface area contributed by atoms with E-state index in [1.165, 1.54) is 16.5 Å². The second-order valence-corrected chi connectivity index (χ2v) is 6.53. The number of fused-ring (bicyclic) bond motifs is 1. The van der Waals surface area contributed by atoms with Crippen molar-refractivity contribution < 1.29 is 9.90 Å². The summed E-state index contributed by atoms with van der Waals surface area (Å²) in [6.45, 7) is 9.92. The molecule has 1 heterocycles. The van der Waals surface area contributed by atoms with E-state index in [1.807, 2.05) is 0 Å². The molecule has 2 rings (SSSR count). The van der Waals surface area contributed by atoms with Crippen molar-refractivity contribution in [3.8, 4) is 0 Å². The molecule has 1 N–H and O–H groups in total. The average molecular weight is 273 g/mol. The Morgan fingerprint density at radius 1 is 1.30 bits per heavy atom. The van der Waals surface area contributed by atoms with Crippen LogP contribution >= 0.6 is 0 Å². The lowest BCUT2D eigenvalue weighted by molar-refractivity contribution is -0.146. The summed E-state index contributed by atoms with van der Waals surface area (Å²) >= 11 is 0. The molecule has 0 fully saturated rings. The van der Waals surface area contributed by atoms with Crippen molar-refractivity contribution in [2.75, 3.05) is 0 Å². The van der Waals surface area contributed by atoms with Gasteiger partial charge in [0.25, 0.3) is 0 Å². The van der Waals surface area contributed by atoms with Crippen molar-refractivity contribution in [2.45, 2.75) is 47.1 Å². The zero-order valence-electron chi connectivity index (χ0n) is 12.9. The number of hydrogen-bond acceptors (Lipinski definition) is 1. The first-order valence-electron chi connectivity index (χ1n) is 7.06. The van der Waals surface area contributed by atoms with E-state index in [-0.39, 0.29) is 0 Å². The molecule has 2 aromatic rings. The van der Waals surface area contributed by atoms with Crippen LogP contribution in [0.15, 0.2) is 24.3 Å². The molecule has 0 aliphatic rings. The fourth-order valence-electron chi connectivity index (χ4n) is 2.66. The number of carboxylic acids is 1. The fraction of sp³-hybridized carbons (Fsp3) is 0.471. The number of carboxylic acid groups (broad SMARTS) is 1. The predicted octanol–water partition coefficient (Wildman–Crippen LogP) is 4.18. The van der Waals surface area contributed by atoms with Crippen LogP contribution in [0.5, 0.6) is 0 Å². The maximum absolute atomic E-state index is 11.4. The van der Waals surface area contributed by atoms with Crippen molar-refractivity contribution in [2.24, 2.45) is 5.41 Å². The van der Waals surface area contributed by atoms with Crippen LogP contribution in [0.25, 0.3) is 10.9 Å². The van der Waals surface area contributed by atoms with Crippen LogP contribution in [0.1, 0.15) is 45.0 Å². The van der Waals surface area contributed by atoms with E-state index in [0.29, 0.717) is 12.5 Å².